The molecule has 0 aromatic heterocycles. The average molecular weight is 226 g/mol. The van der Waals surface area contributed by atoms with Crippen molar-refractivity contribution in [2.24, 2.45) is 11.0 Å². The third-order valence-corrected chi connectivity index (χ3v) is 3.32. The van der Waals surface area contributed by atoms with Crippen LogP contribution < -0.4 is 0 Å². The van der Waals surface area contributed by atoms with Crippen molar-refractivity contribution < 1.29 is 4.79 Å². The monoisotopic (exact) mass is 226 g/mol. The summed E-state index contributed by atoms with van der Waals surface area (Å²) in [5.41, 5.74) is 2.51. The highest BCUT2D eigenvalue weighted by molar-refractivity contribution is 5.83. The fraction of sp³-hybridized carbons (Fsp3) is 0.286. The molecule has 0 spiro atoms. The van der Waals surface area contributed by atoms with Crippen molar-refractivity contribution in [1.29, 1.82) is 0 Å². The second-order valence-corrected chi connectivity index (χ2v) is 4.51. The number of carbonyl (C=O) groups is 1. The number of nitrogens with zero attached hydrogens (tertiary/aromatic N) is 2. The summed E-state index contributed by atoms with van der Waals surface area (Å²) in [5, 5.41) is 6.32. The molecular weight excluding hydrogens is 212 g/mol. The van der Waals surface area contributed by atoms with E-state index in [2.05, 4.69) is 23.3 Å². The molecule has 17 heavy (non-hydrogen) atoms. The predicted octanol–water partition coefficient (Wildman–Crippen LogP) is 2.50. The summed E-state index contributed by atoms with van der Waals surface area (Å²) in [6.45, 7) is 0. The molecule has 1 heterocycles. The summed E-state index contributed by atoms with van der Waals surface area (Å²) in [5.74, 6) is 0.671. The smallest absolute Gasteiger partial charge is 0.144 e. The van der Waals surface area contributed by atoms with E-state index in [9.17, 15) is 4.79 Å². The lowest BCUT2D eigenvalue weighted by Crippen LogP contribution is -2.25. The predicted molar refractivity (Wildman–Crippen MR) is 66.5 cm³/mol. The summed E-state index contributed by atoms with van der Waals surface area (Å²) in [6, 6.07) is 8.65. The number of benzene rings is 1. The molecule has 1 aromatic rings. The van der Waals surface area contributed by atoms with E-state index in [1.807, 2.05) is 17.3 Å². The van der Waals surface area contributed by atoms with Crippen molar-refractivity contribution in [2.75, 3.05) is 0 Å². The van der Waals surface area contributed by atoms with Crippen LogP contribution in [0.2, 0.25) is 0 Å². The minimum Gasteiger partial charge on any atom is -0.299 e. The highest BCUT2D eigenvalue weighted by Crippen LogP contribution is 2.46. The first-order valence-corrected chi connectivity index (χ1v) is 5.93. The van der Waals surface area contributed by atoms with Crippen LogP contribution in [0.3, 0.4) is 0 Å². The van der Waals surface area contributed by atoms with Gasteiger partial charge in [0.05, 0.1) is 12.3 Å². The van der Waals surface area contributed by atoms with Crippen molar-refractivity contribution in [1.82, 2.24) is 5.01 Å². The Hall–Kier alpha value is -1.90. The van der Waals surface area contributed by atoms with Gasteiger partial charge in [-0.1, -0.05) is 24.3 Å². The Morgan fingerprint density at radius 2 is 2.12 bits per heavy atom. The van der Waals surface area contributed by atoms with Crippen LogP contribution in [0.25, 0.3) is 0 Å². The molecule has 0 N–H and O–H groups in total. The molecule has 1 fully saturated rings. The highest BCUT2D eigenvalue weighted by Gasteiger charge is 2.37. The van der Waals surface area contributed by atoms with E-state index in [1.54, 1.807) is 6.20 Å². The van der Waals surface area contributed by atoms with Crippen molar-refractivity contribution in [3.8, 4) is 0 Å². The summed E-state index contributed by atoms with van der Waals surface area (Å²) in [6.07, 6.45) is 8.42. The SMILES string of the molecule is O=CC=CN1N=Cc2ccccc2[C@@H]1C1CC1. The zero-order valence-corrected chi connectivity index (χ0v) is 9.49. The number of rotatable bonds is 3. The molecule has 0 unspecified atom stereocenters. The Morgan fingerprint density at radius 3 is 2.88 bits per heavy atom. The molecular formula is C14H14N2O. The van der Waals surface area contributed by atoms with E-state index in [-0.39, 0.29) is 0 Å². The number of carbonyl (C=O) groups excluding carboxylic acids is 1. The van der Waals surface area contributed by atoms with Crippen LogP contribution in [0.4, 0.5) is 0 Å². The number of hydrogen-bond acceptors (Lipinski definition) is 3. The van der Waals surface area contributed by atoms with Gasteiger partial charge in [-0.3, -0.25) is 9.80 Å². The first kappa shape index (κ1) is 10.3. The number of fused-ring (bicyclic) bond motifs is 1. The Morgan fingerprint density at radius 1 is 1.29 bits per heavy atom. The van der Waals surface area contributed by atoms with Crippen molar-refractivity contribution in [3.05, 3.63) is 47.7 Å². The molecule has 1 saturated carbocycles. The molecule has 1 aliphatic carbocycles. The zero-order chi connectivity index (χ0) is 11.7. The Labute approximate surface area is 100 Å². The lowest BCUT2D eigenvalue weighted by molar-refractivity contribution is -0.104. The standard InChI is InChI=1S/C14H14N2O/c17-9-3-8-16-14(11-6-7-11)13-5-2-1-4-12(13)10-15-16/h1-5,8-11,14H,6-7H2/t14-/m0/s1. The van der Waals surface area contributed by atoms with Gasteiger partial charge in [-0.15, -0.1) is 0 Å². The number of aldehydes is 1. The van der Waals surface area contributed by atoms with Gasteiger partial charge < -0.3 is 0 Å². The van der Waals surface area contributed by atoms with Gasteiger partial charge in [-0.2, -0.15) is 5.10 Å². The van der Waals surface area contributed by atoms with Gasteiger partial charge >= 0.3 is 0 Å². The minimum atomic E-state index is 0.299. The molecule has 1 aromatic carbocycles. The van der Waals surface area contributed by atoms with Gasteiger partial charge in [0.2, 0.25) is 0 Å². The molecule has 3 heteroatoms. The topological polar surface area (TPSA) is 32.7 Å². The van der Waals surface area contributed by atoms with E-state index < -0.39 is 0 Å². The van der Waals surface area contributed by atoms with Gasteiger partial charge in [0.15, 0.2) is 0 Å². The van der Waals surface area contributed by atoms with Crippen LogP contribution >= 0.6 is 0 Å². The Kier molecular flexibility index (Phi) is 2.52. The third kappa shape index (κ3) is 1.88. The van der Waals surface area contributed by atoms with Crippen LogP contribution in [-0.4, -0.2) is 17.5 Å². The molecule has 0 saturated heterocycles. The maximum atomic E-state index is 10.4. The first-order chi connectivity index (χ1) is 8.40. The van der Waals surface area contributed by atoms with Crippen molar-refractivity contribution in [3.63, 3.8) is 0 Å². The normalized spacial score (nSPS) is 22.8. The van der Waals surface area contributed by atoms with E-state index in [1.165, 1.54) is 30.0 Å². The molecule has 1 atom stereocenters. The van der Waals surface area contributed by atoms with Gasteiger partial charge in [0.25, 0.3) is 0 Å². The van der Waals surface area contributed by atoms with Crippen LogP contribution in [0.5, 0.6) is 0 Å². The Balaban J connectivity index is 1.99. The third-order valence-electron chi connectivity index (χ3n) is 3.32. The van der Waals surface area contributed by atoms with Crippen molar-refractivity contribution in [2.45, 2.75) is 18.9 Å². The minimum absolute atomic E-state index is 0.299. The second-order valence-electron chi connectivity index (χ2n) is 4.51. The maximum Gasteiger partial charge on any atom is 0.144 e. The molecule has 1 aliphatic heterocycles. The largest absolute Gasteiger partial charge is 0.299 e. The zero-order valence-electron chi connectivity index (χ0n) is 9.49. The van der Waals surface area contributed by atoms with Gasteiger partial charge in [0, 0.05) is 6.20 Å². The average Bonchev–Trinajstić information content (AvgIpc) is 3.19. The second kappa shape index (κ2) is 4.17. The molecule has 0 radical (unpaired) electrons. The van der Waals surface area contributed by atoms with E-state index >= 15 is 0 Å². The van der Waals surface area contributed by atoms with E-state index in [0.29, 0.717) is 12.0 Å². The van der Waals surface area contributed by atoms with Gasteiger partial charge in [-0.25, -0.2) is 0 Å². The molecule has 0 bridgehead atoms. The summed E-state index contributed by atoms with van der Waals surface area (Å²) in [7, 11) is 0. The fourth-order valence-corrected chi connectivity index (χ4v) is 2.38. The summed E-state index contributed by atoms with van der Waals surface area (Å²) >= 11 is 0. The van der Waals surface area contributed by atoms with Crippen LogP contribution in [0.1, 0.15) is 30.0 Å². The number of hydrogen-bond donors (Lipinski definition) is 0. The quantitative estimate of drug-likeness (QED) is 0.586. The van der Waals surface area contributed by atoms with Crippen LogP contribution in [0.15, 0.2) is 41.6 Å². The highest BCUT2D eigenvalue weighted by atomic mass is 16.1. The van der Waals surface area contributed by atoms with Crippen molar-refractivity contribution >= 4 is 12.5 Å². The van der Waals surface area contributed by atoms with E-state index in [4.69, 9.17) is 0 Å². The van der Waals surface area contributed by atoms with Crippen LogP contribution in [-0.2, 0) is 4.79 Å². The number of hydrazone groups is 1. The molecule has 2 aliphatic rings. The van der Waals surface area contributed by atoms with Crippen LogP contribution in [0, 0.1) is 5.92 Å². The summed E-state index contributed by atoms with van der Waals surface area (Å²) in [4.78, 5) is 10.4. The molecule has 3 rings (SSSR count). The number of allylic oxidation sites excluding steroid dienone is 1. The molecule has 3 nitrogen and oxygen atoms in total. The lowest BCUT2D eigenvalue weighted by Gasteiger charge is -2.31. The fourth-order valence-electron chi connectivity index (χ4n) is 2.38. The van der Waals surface area contributed by atoms with E-state index in [0.717, 1.165) is 6.29 Å². The molecule has 86 valence electrons. The Bertz CT molecular complexity index is 489. The summed E-state index contributed by atoms with van der Waals surface area (Å²) < 4.78 is 0. The maximum absolute atomic E-state index is 10.4. The first-order valence-electron chi connectivity index (χ1n) is 5.93. The van der Waals surface area contributed by atoms with Gasteiger partial charge in [-0.05, 0) is 36.0 Å². The van der Waals surface area contributed by atoms with Gasteiger partial charge in [0.1, 0.15) is 6.29 Å². The molecule has 0 amide bonds. The lowest BCUT2D eigenvalue weighted by atomic mass is 9.96.